The third-order valence-corrected chi connectivity index (χ3v) is 7.89. The molecule has 5 rings (SSSR count). The van der Waals surface area contributed by atoms with E-state index in [0.29, 0.717) is 18.9 Å². The van der Waals surface area contributed by atoms with Gasteiger partial charge < -0.3 is 18.4 Å². The Morgan fingerprint density at radius 3 is 2.24 bits per heavy atom. The van der Waals surface area contributed by atoms with Gasteiger partial charge in [0, 0.05) is 24.0 Å². The van der Waals surface area contributed by atoms with Crippen LogP contribution in [-0.4, -0.2) is 35.7 Å². The Bertz CT molecular complexity index is 1360. The zero-order valence-electron chi connectivity index (χ0n) is 21.8. The van der Waals surface area contributed by atoms with E-state index in [1.165, 1.54) is 44.3 Å². The molecule has 38 heavy (non-hydrogen) atoms. The van der Waals surface area contributed by atoms with E-state index in [2.05, 4.69) is 62.3 Å². The number of aryl methyl sites for hydroxylation is 1. The minimum atomic E-state index is -0.360. The van der Waals surface area contributed by atoms with Crippen LogP contribution in [0.2, 0.25) is 0 Å². The molecule has 3 aromatic carbocycles. The molecular formula is C30H34N2O4P2. The van der Waals surface area contributed by atoms with Gasteiger partial charge in [-0.05, 0) is 104 Å². The van der Waals surface area contributed by atoms with E-state index >= 15 is 0 Å². The van der Waals surface area contributed by atoms with Crippen molar-refractivity contribution in [1.29, 1.82) is 0 Å². The van der Waals surface area contributed by atoms with Gasteiger partial charge in [0.1, 0.15) is 23.9 Å². The van der Waals surface area contributed by atoms with Crippen molar-refractivity contribution in [2.75, 3.05) is 26.2 Å². The first-order valence-corrected chi connectivity index (χ1v) is 14.4. The van der Waals surface area contributed by atoms with E-state index in [4.69, 9.17) is 13.8 Å². The molecule has 0 aliphatic carbocycles. The molecule has 1 aliphatic rings. The Kier molecular flexibility index (Phi) is 8.96. The molecule has 0 radical (unpaired) electrons. The average Bonchev–Trinajstić information content (AvgIpc) is 3.08. The van der Waals surface area contributed by atoms with E-state index in [0.717, 1.165) is 45.8 Å². The van der Waals surface area contributed by atoms with Gasteiger partial charge in [0.05, 0.1) is 15.2 Å². The maximum Gasteiger partial charge on any atom is 0.395 e. The summed E-state index contributed by atoms with van der Waals surface area (Å²) in [7, 11) is 1.93. The summed E-state index contributed by atoms with van der Waals surface area (Å²) in [4.78, 5) is 2.52. The first kappa shape index (κ1) is 26.7. The third-order valence-electron chi connectivity index (χ3n) is 7.33. The second-order valence-electron chi connectivity index (χ2n) is 9.80. The van der Waals surface area contributed by atoms with Crippen LogP contribution in [0.3, 0.4) is 0 Å². The smallest absolute Gasteiger partial charge is 0.395 e. The lowest BCUT2D eigenvalue weighted by Gasteiger charge is -2.19. The van der Waals surface area contributed by atoms with Crippen molar-refractivity contribution in [3.05, 3.63) is 77.9 Å². The van der Waals surface area contributed by atoms with Crippen LogP contribution < -0.4 is 13.8 Å². The predicted molar refractivity (Wildman–Crippen MR) is 157 cm³/mol. The Labute approximate surface area is 228 Å². The molecule has 6 nitrogen and oxygen atoms in total. The summed E-state index contributed by atoms with van der Waals surface area (Å²) in [5.41, 5.74) is 5.65. The van der Waals surface area contributed by atoms with Gasteiger partial charge in [0.15, 0.2) is 0 Å². The highest BCUT2D eigenvalue weighted by Crippen LogP contribution is 2.37. The molecule has 1 unspecified atom stereocenters. The Balaban J connectivity index is 1.38. The topological polar surface area (TPSA) is 52.9 Å². The van der Waals surface area contributed by atoms with E-state index in [1.807, 2.05) is 30.3 Å². The number of rotatable bonds is 10. The number of nitrogens with zero attached hydrogens (tertiary/aromatic N) is 2. The van der Waals surface area contributed by atoms with Gasteiger partial charge in [-0.3, -0.25) is 4.90 Å². The molecule has 0 spiro atoms. The number of hydrogen-bond acceptors (Lipinski definition) is 5. The second-order valence-corrected chi connectivity index (χ2v) is 10.4. The summed E-state index contributed by atoms with van der Waals surface area (Å²) in [5, 5.41) is 1.07. The van der Waals surface area contributed by atoms with E-state index < -0.39 is 0 Å². The lowest BCUT2D eigenvalue weighted by molar-refractivity contribution is 0.214. The van der Waals surface area contributed by atoms with Crippen LogP contribution in [0.4, 0.5) is 0 Å². The third kappa shape index (κ3) is 6.21. The molecule has 2 heterocycles. The van der Waals surface area contributed by atoms with E-state index in [-0.39, 0.29) is 8.69 Å². The Morgan fingerprint density at radius 2 is 1.55 bits per heavy atom. The van der Waals surface area contributed by atoms with Gasteiger partial charge in [-0.25, -0.2) is 4.57 Å². The zero-order valence-corrected chi connectivity index (χ0v) is 23.8. The maximum atomic E-state index is 11.0. The standard InChI is InChI=1S/C30H34N2O4P2/c1-22-28-20-27(36-38-33)14-15-29(28)32(30(22)24-8-12-26(35-37)13-9-24)21-23-6-10-25(11-7-23)34-19-18-31-16-4-2-3-5-17-31/h6-15,20H,2-5,16-19,21,37H2,1H3. The van der Waals surface area contributed by atoms with Crippen LogP contribution in [0.1, 0.15) is 36.8 Å². The van der Waals surface area contributed by atoms with Crippen molar-refractivity contribution in [3.63, 3.8) is 0 Å². The van der Waals surface area contributed by atoms with Gasteiger partial charge in [-0.1, -0.05) is 25.0 Å². The van der Waals surface area contributed by atoms with E-state index in [9.17, 15) is 4.57 Å². The number of fused-ring (bicyclic) bond motifs is 1. The first-order valence-electron chi connectivity index (χ1n) is 13.2. The fourth-order valence-corrected chi connectivity index (χ4v) is 5.71. The van der Waals surface area contributed by atoms with Crippen LogP contribution in [0.25, 0.3) is 22.2 Å². The molecular weight excluding hydrogens is 514 g/mol. The molecule has 8 heteroatoms. The van der Waals surface area contributed by atoms with Crippen LogP contribution >= 0.6 is 18.2 Å². The van der Waals surface area contributed by atoms with Gasteiger partial charge in [0.2, 0.25) is 0 Å². The highest BCUT2D eigenvalue weighted by atomic mass is 31.1. The highest BCUT2D eigenvalue weighted by molar-refractivity contribution is 7.17. The van der Waals surface area contributed by atoms with Gasteiger partial charge in [-0.2, -0.15) is 0 Å². The van der Waals surface area contributed by atoms with Gasteiger partial charge >= 0.3 is 8.69 Å². The molecule has 0 bridgehead atoms. The minimum Gasteiger partial charge on any atom is -0.492 e. The summed E-state index contributed by atoms with van der Waals surface area (Å²) >= 11 is 0. The molecule has 0 N–H and O–H groups in total. The van der Waals surface area contributed by atoms with Crippen LogP contribution in [0, 0.1) is 6.92 Å². The predicted octanol–water partition coefficient (Wildman–Crippen LogP) is 7.67. The van der Waals surface area contributed by atoms with Gasteiger partial charge in [-0.15, -0.1) is 0 Å². The first-order chi connectivity index (χ1) is 18.7. The monoisotopic (exact) mass is 548 g/mol. The lowest BCUT2D eigenvalue weighted by atomic mass is 10.1. The van der Waals surface area contributed by atoms with Gasteiger partial charge in [0.25, 0.3) is 0 Å². The molecule has 1 atom stereocenters. The molecule has 4 aromatic rings. The molecule has 0 saturated carbocycles. The molecule has 198 valence electrons. The minimum absolute atomic E-state index is 0.360. The quantitative estimate of drug-likeness (QED) is 0.190. The summed E-state index contributed by atoms with van der Waals surface area (Å²) in [6.45, 7) is 6.90. The Hall–Kier alpha value is -2.91. The Morgan fingerprint density at radius 1 is 0.868 bits per heavy atom. The number of aromatic nitrogens is 1. The summed E-state index contributed by atoms with van der Waals surface area (Å²) < 4.78 is 30.0. The SMILES string of the molecule is Cc1c(-c2ccc(OP)cc2)n(Cc2ccc(OCCN3CCCCCC3)cc2)c2ccc(OP=O)cc12. The summed E-state index contributed by atoms with van der Waals surface area (Å²) in [5.74, 6) is 2.27. The number of likely N-dealkylation sites (tertiary alicyclic amines) is 1. The van der Waals surface area contributed by atoms with Crippen LogP contribution in [0.15, 0.2) is 66.7 Å². The lowest BCUT2D eigenvalue weighted by Crippen LogP contribution is -2.29. The van der Waals surface area contributed by atoms with Crippen molar-refractivity contribution in [1.82, 2.24) is 9.47 Å². The normalized spacial score (nSPS) is 14.5. The molecule has 1 saturated heterocycles. The average molecular weight is 549 g/mol. The highest BCUT2D eigenvalue weighted by Gasteiger charge is 2.17. The number of hydrogen-bond donors (Lipinski definition) is 0. The number of benzene rings is 3. The number of ether oxygens (including phenoxy) is 1. The largest absolute Gasteiger partial charge is 0.492 e. The van der Waals surface area contributed by atoms with Crippen molar-refractivity contribution < 1.29 is 18.3 Å². The summed E-state index contributed by atoms with van der Waals surface area (Å²) in [6.07, 6.45) is 5.30. The zero-order chi connectivity index (χ0) is 26.3. The van der Waals surface area contributed by atoms with Crippen molar-refractivity contribution in [2.45, 2.75) is 39.2 Å². The molecule has 1 aromatic heterocycles. The maximum absolute atomic E-state index is 11.0. The van der Waals surface area contributed by atoms with Crippen LogP contribution in [-0.2, 0) is 11.1 Å². The second kappa shape index (κ2) is 12.8. The van der Waals surface area contributed by atoms with Crippen molar-refractivity contribution in [3.8, 4) is 28.5 Å². The summed E-state index contributed by atoms with van der Waals surface area (Å²) in [6, 6.07) is 22.4. The fraction of sp³-hybridized carbons (Fsp3) is 0.333. The molecule has 1 fully saturated rings. The van der Waals surface area contributed by atoms with Crippen molar-refractivity contribution >= 4 is 29.1 Å². The fourth-order valence-electron chi connectivity index (χ4n) is 5.36. The van der Waals surface area contributed by atoms with Crippen molar-refractivity contribution in [2.24, 2.45) is 0 Å². The van der Waals surface area contributed by atoms with Crippen LogP contribution in [0.5, 0.6) is 17.2 Å². The van der Waals surface area contributed by atoms with E-state index in [1.54, 1.807) is 0 Å². The molecule has 1 aliphatic heterocycles. The molecule has 0 amide bonds.